The predicted molar refractivity (Wildman–Crippen MR) is 69.3 cm³/mol. The summed E-state index contributed by atoms with van der Waals surface area (Å²) in [5, 5.41) is 0. The number of ether oxygens (including phenoxy) is 1. The fraction of sp³-hybridized carbons (Fsp3) is 0.462. The van der Waals surface area contributed by atoms with Gasteiger partial charge in [0, 0.05) is 31.7 Å². The van der Waals surface area contributed by atoms with Crippen LogP contribution < -0.4 is 0 Å². The molecule has 0 saturated carbocycles. The van der Waals surface area contributed by atoms with Crippen molar-refractivity contribution in [3.8, 4) is 0 Å². The first-order valence-electron chi connectivity index (χ1n) is 6.42. The minimum atomic E-state index is -0.00295. The first-order valence-corrected chi connectivity index (χ1v) is 6.42. The predicted octanol–water partition coefficient (Wildman–Crippen LogP) is 1.08. The number of hydrogen-bond donors (Lipinski definition) is 1. The van der Waals surface area contributed by atoms with Crippen molar-refractivity contribution < 1.29 is 4.74 Å². The van der Waals surface area contributed by atoms with E-state index in [2.05, 4.69) is 24.8 Å². The first-order chi connectivity index (χ1) is 9.31. The van der Waals surface area contributed by atoms with Gasteiger partial charge in [0.15, 0.2) is 0 Å². The van der Waals surface area contributed by atoms with Crippen LogP contribution in [0.15, 0.2) is 24.8 Å². The number of morpholine rings is 1. The van der Waals surface area contributed by atoms with Gasteiger partial charge >= 0.3 is 0 Å². The molecule has 1 unspecified atom stereocenters. The lowest BCUT2D eigenvalue weighted by Crippen LogP contribution is -2.38. The van der Waals surface area contributed by atoms with Crippen LogP contribution in [0, 0.1) is 6.92 Å². The Bertz CT molecular complexity index is 510. The zero-order valence-corrected chi connectivity index (χ0v) is 10.9. The van der Waals surface area contributed by atoms with Crippen LogP contribution in [0.1, 0.15) is 23.3 Å². The van der Waals surface area contributed by atoms with Crippen LogP contribution in [0.25, 0.3) is 0 Å². The third kappa shape index (κ3) is 2.97. The molecule has 1 N–H and O–H groups in total. The highest BCUT2D eigenvalue weighted by molar-refractivity contribution is 5.05. The molecular weight excluding hydrogens is 242 g/mol. The maximum absolute atomic E-state index is 5.78. The van der Waals surface area contributed by atoms with Crippen molar-refractivity contribution in [3.05, 3.63) is 42.0 Å². The third-order valence-corrected chi connectivity index (χ3v) is 3.21. The quantitative estimate of drug-likeness (QED) is 0.893. The molecule has 1 aliphatic rings. The van der Waals surface area contributed by atoms with Gasteiger partial charge in [-0.15, -0.1) is 0 Å². The molecule has 1 saturated heterocycles. The number of hydrogen-bond acceptors (Lipinski definition) is 5. The van der Waals surface area contributed by atoms with E-state index in [0.717, 1.165) is 36.8 Å². The highest BCUT2D eigenvalue weighted by Gasteiger charge is 2.23. The Labute approximate surface area is 111 Å². The second kappa shape index (κ2) is 5.46. The van der Waals surface area contributed by atoms with Gasteiger partial charge in [-0.05, 0) is 6.92 Å². The van der Waals surface area contributed by atoms with Gasteiger partial charge in [0.2, 0.25) is 0 Å². The molecule has 2 aromatic rings. The molecular formula is C13H17N5O. The standard InChI is InChI=1S/C13H17N5O/c1-10-6-17-11(7-16-10)12-8-18(4-5-19-12)9-13-14-2-3-15-13/h2-3,6-7,12H,4-5,8-9H2,1H3,(H,14,15). The van der Waals surface area contributed by atoms with Crippen molar-refractivity contribution in [1.29, 1.82) is 0 Å². The summed E-state index contributed by atoms with van der Waals surface area (Å²) >= 11 is 0. The molecule has 0 spiro atoms. The average Bonchev–Trinajstić information content (AvgIpc) is 2.93. The zero-order valence-electron chi connectivity index (χ0n) is 10.9. The fourth-order valence-electron chi connectivity index (χ4n) is 2.19. The Morgan fingerprint density at radius 3 is 3.05 bits per heavy atom. The molecule has 1 aliphatic heterocycles. The van der Waals surface area contributed by atoms with Crippen molar-refractivity contribution in [2.75, 3.05) is 19.7 Å². The highest BCUT2D eigenvalue weighted by Crippen LogP contribution is 2.20. The van der Waals surface area contributed by atoms with Crippen LogP contribution in [0.2, 0.25) is 0 Å². The molecule has 0 bridgehead atoms. The second-order valence-corrected chi connectivity index (χ2v) is 4.71. The summed E-state index contributed by atoms with van der Waals surface area (Å²) in [6, 6.07) is 0. The first kappa shape index (κ1) is 12.3. The molecule has 0 amide bonds. The molecule has 3 rings (SSSR count). The molecule has 19 heavy (non-hydrogen) atoms. The Balaban J connectivity index is 1.66. The summed E-state index contributed by atoms with van der Waals surface area (Å²) < 4.78 is 5.78. The number of H-pyrrole nitrogens is 1. The molecule has 0 aromatic carbocycles. The van der Waals surface area contributed by atoms with Gasteiger partial charge in [-0.3, -0.25) is 14.9 Å². The molecule has 1 fully saturated rings. The third-order valence-electron chi connectivity index (χ3n) is 3.21. The number of aromatic nitrogens is 4. The topological polar surface area (TPSA) is 66.9 Å². The molecule has 0 aliphatic carbocycles. The highest BCUT2D eigenvalue weighted by atomic mass is 16.5. The SMILES string of the molecule is Cc1cnc(C2CN(Cc3ncc[nH]3)CCO2)cn1. The minimum Gasteiger partial charge on any atom is -0.369 e. The Kier molecular flexibility index (Phi) is 3.52. The van der Waals surface area contributed by atoms with Crippen LogP contribution in [-0.4, -0.2) is 44.5 Å². The van der Waals surface area contributed by atoms with Crippen LogP contribution in [0.3, 0.4) is 0 Å². The number of nitrogens with one attached hydrogen (secondary N) is 1. The largest absolute Gasteiger partial charge is 0.369 e. The lowest BCUT2D eigenvalue weighted by Gasteiger charge is -2.31. The van der Waals surface area contributed by atoms with Crippen molar-refractivity contribution >= 4 is 0 Å². The van der Waals surface area contributed by atoms with E-state index < -0.39 is 0 Å². The van der Waals surface area contributed by atoms with Gasteiger partial charge in [0.1, 0.15) is 11.9 Å². The molecule has 3 heterocycles. The maximum Gasteiger partial charge on any atom is 0.120 e. The van der Waals surface area contributed by atoms with E-state index in [-0.39, 0.29) is 6.10 Å². The number of aryl methyl sites for hydroxylation is 1. The van der Waals surface area contributed by atoms with Crippen molar-refractivity contribution in [3.63, 3.8) is 0 Å². The zero-order chi connectivity index (χ0) is 13.1. The van der Waals surface area contributed by atoms with Crippen LogP contribution in [0.5, 0.6) is 0 Å². The summed E-state index contributed by atoms with van der Waals surface area (Å²) in [5.41, 5.74) is 1.82. The van der Waals surface area contributed by atoms with Gasteiger partial charge in [-0.25, -0.2) is 4.98 Å². The Morgan fingerprint density at radius 1 is 1.37 bits per heavy atom. The lowest BCUT2D eigenvalue weighted by atomic mass is 10.2. The molecule has 6 heteroatoms. The summed E-state index contributed by atoms with van der Waals surface area (Å²) in [6.45, 7) is 5.18. The smallest absolute Gasteiger partial charge is 0.120 e. The Morgan fingerprint density at radius 2 is 2.32 bits per heavy atom. The van der Waals surface area contributed by atoms with E-state index in [1.165, 1.54) is 0 Å². The van der Waals surface area contributed by atoms with E-state index in [4.69, 9.17) is 4.74 Å². The van der Waals surface area contributed by atoms with Crippen molar-refractivity contribution in [2.45, 2.75) is 19.6 Å². The maximum atomic E-state index is 5.78. The minimum absolute atomic E-state index is 0.00295. The molecule has 100 valence electrons. The molecule has 1 atom stereocenters. The molecule has 6 nitrogen and oxygen atoms in total. The van der Waals surface area contributed by atoms with Gasteiger partial charge < -0.3 is 9.72 Å². The van der Waals surface area contributed by atoms with Gasteiger partial charge in [0.25, 0.3) is 0 Å². The van der Waals surface area contributed by atoms with Crippen LogP contribution in [0.4, 0.5) is 0 Å². The van der Waals surface area contributed by atoms with E-state index in [9.17, 15) is 0 Å². The number of rotatable bonds is 3. The summed E-state index contributed by atoms with van der Waals surface area (Å²) in [5.74, 6) is 0.982. The van der Waals surface area contributed by atoms with Crippen LogP contribution >= 0.6 is 0 Å². The van der Waals surface area contributed by atoms with E-state index in [1.807, 2.05) is 13.1 Å². The van der Waals surface area contributed by atoms with Gasteiger partial charge in [0.05, 0.1) is 30.7 Å². The van der Waals surface area contributed by atoms with Crippen molar-refractivity contribution in [1.82, 2.24) is 24.8 Å². The Hall–Kier alpha value is -1.79. The molecule has 0 radical (unpaired) electrons. The number of nitrogens with zero attached hydrogens (tertiary/aromatic N) is 4. The average molecular weight is 259 g/mol. The molecule has 2 aromatic heterocycles. The van der Waals surface area contributed by atoms with E-state index in [1.54, 1.807) is 18.6 Å². The normalized spacial score (nSPS) is 20.6. The fourth-order valence-corrected chi connectivity index (χ4v) is 2.19. The summed E-state index contributed by atoms with van der Waals surface area (Å²) in [7, 11) is 0. The number of aromatic amines is 1. The monoisotopic (exact) mass is 259 g/mol. The van der Waals surface area contributed by atoms with Crippen molar-refractivity contribution in [2.24, 2.45) is 0 Å². The van der Waals surface area contributed by atoms with Crippen LogP contribution in [-0.2, 0) is 11.3 Å². The van der Waals surface area contributed by atoms with E-state index >= 15 is 0 Å². The second-order valence-electron chi connectivity index (χ2n) is 4.71. The number of imidazole rings is 1. The lowest BCUT2D eigenvalue weighted by molar-refractivity contribution is -0.0358. The summed E-state index contributed by atoms with van der Waals surface area (Å²) in [4.78, 5) is 18.4. The van der Waals surface area contributed by atoms with E-state index in [0.29, 0.717) is 6.61 Å². The van der Waals surface area contributed by atoms with Gasteiger partial charge in [-0.1, -0.05) is 0 Å². The van der Waals surface area contributed by atoms with Gasteiger partial charge in [-0.2, -0.15) is 0 Å². The summed E-state index contributed by atoms with van der Waals surface area (Å²) in [6.07, 6.45) is 7.20.